The molecule has 0 N–H and O–H groups in total. The molecule has 70 heavy (non-hydrogen) atoms. The second kappa shape index (κ2) is 15.0. The number of rotatable bonds is 6. The third-order valence-corrected chi connectivity index (χ3v) is 14.3. The van der Waals surface area contributed by atoms with E-state index in [0.717, 1.165) is 105 Å². The van der Waals surface area contributed by atoms with E-state index in [2.05, 4.69) is 255 Å². The van der Waals surface area contributed by atoms with Crippen molar-refractivity contribution in [2.24, 2.45) is 0 Å². The Morgan fingerprint density at radius 3 is 0.900 bits per heavy atom. The molecule has 0 saturated heterocycles. The Morgan fingerprint density at radius 2 is 0.543 bits per heavy atom. The van der Waals surface area contributed by atoms with E-state index in [1.54, 1.807) is 0 Å². The fraction of sp³-hybridized carbons (Fsp3) is 0. The molecule has 0 aliphatic rings. The van der Waals surface area contributed by atoms with Crippen LogP contribution in [0.5, 0.6) is 0 Å². The Hall–Kier alpha value is -9.59. The first kappa shape index (κ1) is 38.5. The molecule has 5 heterocycles. The van der Waals surface area contributed by atoms with Crippen molar-refractivity contribution in [3.63, 3.8) is 0 Å². The van der Waals surface area contributed by atoms with Crippen LogP contribution in [0.1, 0.15) is 0 Å². The van der Waals surface area contributed by atoms with E-state index in [-0.39, 0.29) is 0 Å². The van der Waals surface area contributed by atoms with E-state index >= 15 is 0 Å². The van der Waals surface area contributed by atoms with Crippen LogP contribution in [0.3, 0.4) is 0 Å². The van der Waals surface area contributed by atoms with Gasteiger partial charge in [-0.1, -0.05) is 182 Å². The van der Waals surface area contributed by atoms with Crippen LogP contribution in [0.4, 0.5) is 0 Å². The zero-order chi connectivity index (χ0) is 45.9. The molecular weight excluding hydrogens is 855 g/mol. The molecule has 0 saturated carbocycles. The molecule has 7 heteroatoms. The van der Waals surface area contributed by atoms with Crippen LogP contribution in [0, 0.1) is 0 Å². The van der Waals surface area contributed by atoms with E-state index in [4.69, 9.17) is 15.0 Å². The summed E-state index contributed by atoms with van der Waals surface area (Å²) in [4.78, 5) is 17.2. The molecule has 0 aliphatic heterocycles. The van der Waals surface area contributed by atoms with Gasteiger partial charge in [0, 0.05) is 48.7 Å². The quantitative estimate of drug-likeness (QED) is 0.167. The smallest absolute Gasteiger partial charge is 0.240 e. The predicted molar refractivity (Wildman–Crippen MR) is 288 cm³/mol. The summed E-state index contributed by atoms with van der Waals surface area (Å²) >= 11 is 0. The molecule has 0 aliphatic carbocycles. The van der Waals surface area contributed by atoms with Crippen molar-refractivity contribution in [1.82, 2.24) is 33.2 Å². The van der Waals surface area contributed by atoms with Gasteiger partial charge in [-0.15, -0.1) is 0 Å². The number of fused-ring (bicyclic) bond motifs is 12. The van der Waals surface area contributed by atoms with Crippen LogP contribution in [0.25, 0.3) is 133 Å². The van der Waals surface area contributed by atoms with Gasteiger partial charge in [0.05, 0.1) is 61.1 Å². The molecule has 0 spiro atoms. The van der Waals surface area contributed by atoms with E-state index in [1.165, 1.54) is 10.8 Å². The van der Waals surface area contributed by atoms with Crippen LogP contribution >= 0.6 is 0 Å². The van der Waals surface area contributed by atoms with Gasteiger partial charge in [-0.3, -0.25) is 9.13 Å². The molecule has 7 nitrogen and oxygen atoms in total. The van der Waals surface area contributed by atoms with Gasteiger partial charge in [0.15, 0.2) is 5.82 Å². The minimum Gasteiger partial charge on any atom is -0.308 e. The van der Waals surface area contributed by atoms with Gasteiger partial charge in [0.25, 0.3) is 0 Å². The van der Waals surface area contributed by atoms with Gasteiger partial charge in [0.1, 0.15) is 0 Å². The average Bonchev–Trinajstić information content (AvgIpc) is 4.16. The Balaban J connectivity index is 1.19. The predicted octanol–water partition coefficient (Wildman–Crippen LogP) is 15.6. The highest BCUT2D eigenvalue weighted by molar-refractivity contribution is 6.14. The van der Waals surface area contributed by atoms with Gasteiger partial charge in [-0.05, 0) is 60.2 Å². The number of hydrogen-bond donors (Lipinski definition) is 0. The molecule has 10 aromatic carbocycles. The molecular formula is C63H39N7. The first-order valence-corrected chi connectivity index (χ1v) is 23.7. The van der Waals surface area contributed by atoms with Crippen molar-refractivity contribution in [3.05, 3.63) is 237 Å². The molecule has 0 amide bonds. The van der Waals surface area contributed by atoms with E-state index in [1.807, 2.05) is 0 Å². The van der Waals surface area contributed by atoms with Crippen molar-refractivity contribution in [3.8, 4) is 45.8 Å². The first-order valence-electron chi connectivity index (χ1n) is 23.7. The fourth-order valence-electron chi connectivity index (χ4n) is 11.4. The van der Waals surface area contributed by atoms with E-state index in [9.17, 15) is 0 Å². The molecule has 15 aromatic rings. The summed E-state index contributed by atoms with van der Waals surface area (Å²) in [6, 6.07) is 84.4. The maximum atomic E-state index is 5.81. The monoisotopic (exact) mass is 893 g/mol. The maximum Gasteiger partial charge on any atom is 0.240 e. The largest absolute Gasteiger partial charge is 0.308 e. The Morgan fingerprint density at radius 1 is 0.243 bits per heavy atom. The highest BCUT2D eigenvalue weighted by Gasteiger charge is 2.29. The van der Waals surface area contributed by atoms with Gasteiger partial charge >= 0.3 is 0 Å². The number of aromatic nitrogens is 7. The number of nitrogens with zero attached hydrogens (tertiary/aromatic N) is 7. The van der Waals surface area contributed by atoms with Gasteiger partial charge in [-0.25, -0.2) is 0 Å². The fourth-order valence-corrected chi connectivity index (χ4v) is 11.4. The third-order valence-electron chi connectivity index (χ3n) is 14.3. The van der Waals surface area contributed by atoms with E-state index in [0.29, 0.717) is 17.7 Å². The maximum absolute atomic E-state index is 5.81. The van der Waals surface area contributed by atoms with Crippen molar-refractivity contribution < 1.29 is 0 Å². The second-order valence-electron chi connectivity index (χ2n) is 18.0. The Bertz CT molecular complexity index is 4260. The normalized spacial score (nSPS) is 12.0. The average molecular weight is 894 g/mol. The summed E-state index contributed by atoms with van der Waals surface area (Å²) in [5, 5.41) is 9.17. The Kier molecular flexibility index (Phi) is 8.23. The minimum atomic E-state index is 0.519. The molecule has 0 bridgehead atoms. The minimum absolute atomic E-state index is 0.519. The lowest BCUT2D eigenvalue weighted by molar-refractivity contribution is 0.891. The van der Waals surface area contributed by atoms with Crippen LogP contribution in [-0.2, 0) is 0 Å². The van der Waals surface area contributed by atoms with Crippen molar-refractivity contribution >= 4 is 87.2 Å². The van der Waals surface area contributed by atoms with Crippen LogP contribution in [0.15, 0.2) is 237 Å². The van der Waals surface area contributed by atoms with Crippen molar-refractivity contribution in [2.45, 2.75) is 0 Å². The van der Waals surface area contributed by atoms with Crippen LogP contribution < -0.4 is 0 Å². The second-order valence-corrected chi connectivity index (χ2v) is 18.0. The molecule has 0 fully saturated rings. The topological polar surface area (TPSA) is 58.4 Å². The number of hydrogen-bond acceptors (Lipinski definition) is 3. The molecule has 0 unspecified atom stereocenters. The SMILES string of the molecule is c1ccc(-c2ccc(-n3c4ccccc4c4ccccc43)c(-c3nc(-n4c5ccccc5c5ccccc54)nc(-n4c5ccccc5c5ccccc54)n3)c2-n2c3ccccc3c3ccccc32)cc1. The lowest BCUT2D eigenvalue weighted by atomic mass is 9.97. The van der Waals surface area contributed by atoms with Crippen molar-refractivity contribution in [2.75, 3.05) is 0 Å². The highest BCUT2D eigenvalue weighted by Crippen LogP contribution is 2.46. The number of para-hydroxylation sites is 8. The highest BCUT2D eigenvalue weighted by atomic mass is 15.3. The lowest BCUT2D eigenvalue weighted by Crippen LogP contribution is -2.13. The van der Waals surface area contributed by atoms with Crippen LogP contribution in [-0.4, -0.2) is 33.2 Å². The molecule has 5 aromatic heterocycles. The lowest BCUT2D eigenvalue weighted by Gasteiger charge is -2.23. The molecule has 15 rings (SSSR count). The molecule has 0 atom stereocenters. The van der Waals surface area contributed by atoms with E-state index < -0.39 is 0 Å². The summed E-state index contributed by atoms with van der Waals surface area (Å²) in [5.74, 6) is 1.58. The first-order chi connectivity index (χ1) is 34.8. The van der Waals surface area contributed by atoms with Gasteiger partial charge < -0.3 is 9.13 Å². The number of benzene rings is 10. The van der Waals surface area contributed by atoms with Gasteiger partial charge in [0.2, 0.25) is 11.9 Å². The Labute approximate surface area is 401 Å². The summed E-state index contributed by atoms with van der Waals surface area (Å²) in [7, 11) is 0. The summed E-state index contributed by atoms with van der Waals surface area (Å²) in [5.41, 5.74) is 13.3. The van der Waals surface area contributed by atoms with Crippen LogP contribution in [0.2, 0.25) is 0 Å². The molecule has 0 radical (unpaired) electrons. The van der Waals surface area contributed by atoms with Gasteiger partial charge in [-0.2, -0.15) is 15.0 Å². The molecule has 326 valence electrons. The van der Waals surface area contributed by atoms with Crippen molar-refractivity contribution in [1.29, 1.82) is 0 Å². The third kappa shape index (κ3) is 5.48. The zero-order valence-electron chi connectivity index (χ0n) is 37.6. The summed E-state index contributed by atoms with van der Waals surface area (Å²) in [6.07, 6.45) is 0. The standard InChI is InChI=1S/C63H39N7/c1-2-20-40(21-3-1)41-38-39-58(67-50-30-12-4-22-42(50)43-23-5-13-31-51(43)67)59(60(41)68-52-32-14-6-24-44(52)45-25-7-15-33-53(45)68)61-64-62(69-54-34-16-8-26-46(54)47-27-9-17-35-55(47)69)66-63(65-61)70-56-36-18-10-28-48(56)49-29-11-19-37-57(49)70/h1-39H. The summed E-state index contributed by atoms with van der Waals surface area (Å²) < 4.78 is 9.29. The summed E-state index contributed by atoms with van der Waals surface area (Å²) in [6.45, 7) is 0. The zero-order valence-corrected chi connectivity index (χ0v) is 37.6.